The molecule has 0 aliphatic rings. The zero-order valence-corrected chi connectivity index (χ0v) is 12.1. The van der Waals surface area contributed by atoms with Gasteiger partial charge in [-0.05, 0) is 34.2 Å². The summed E-state index contributed by atoms with van der Waals surface area (Å²) >= 11 is 0. The first-order valence-corrected chi connectivity index (χ1v) is 6.54. The molecule has 104 valence electrons. The van der Waals surface area contributed by atoms with Crippen LogP contribution in [0.3, 0.4) is 0 Å². The second kappa shape index (κ2) is 6.20. The molecule has 0 spiro atoms. The highest BCUT2D eigenvalue weighted by Crippen LogP contribution is 2.15. The second-order valence-corrected chi connectivity index (χ2v) is 5.12. The number of anilines is 1. The first-order chi connectivity index (χ1) is 8.36. The van der Waals surface area contributed by atoms with E-state index in [0.717, 1.165) is 23.5 Å². The molecule has 0 aliphatic heterocycles. The monoisotopic (exact) mass is 254 g/mol. The molecule has 0 fully saturated rings. The minimum Gasteiger partial charge on any atom is -0.396 e. The van der Waals surface area contributed by atoms with Crippen molar-refractivity contribution in [3.63, 3.8) is 0 Å². The van der Waals surface area contributed by atoms with Crippen LogP contribution in [0.2, 0.25) is 0 Å². The largest absolute Gasteiger partial charge is 0.396 e. The average molecular weight is 254 g/mol. The van der Waals surface area contributed by atoms with E-state index >= 15 is 0 Å². The van der Waals surface area contributed by atoms with E-state index in [9.17, 15) is 5.11 Å². The van der Waals surface area contributed by atoms with Crippen LogP contribution in [0.4, 0.5) is 5.69 Å². The molecular formula is C13H26N4O. The molecule has 0 aromatic carbocycles. The molecule has 5 nitrogen and oxygen atoms in total. The third-order valence-corrected chi connectivity index (χ3v) is 3.66. The van der Waals surface area contributed by atoms with Crippen molar-refractivity contribution < 1.29 is 5.11 Å². The van der Waals surface area contributed by atoms with Gasteiger partial charge < -0.3 is 15.7 Å². The van der Waals surface area contributed by atoms with Gasteiger partial charge in [-0.25, -0.2) is 0 Å². The van der Waals surface area contributed by atoms with Gasteiger partial charge in [0.25, 0.3) is 0 Å². The lowest BCUT2D eigenvalue weighted by Gasteiger charge is -2.26. The van der Waals surface area contributed by atoms with E-state index in [1.807, 2.05) is 20.9 Å². The normalized spacial score (nSPS) is 15.1. The van der Waals surface area contributed by atoms with Gasteiger partial charge in [0.15, 0.2) is 0 Å². The molecule has 5 heteroatoms. The van der Waals surface area contributed by atoms with Gasteiger partial charge in [0, 0.05) is 12.6 Å². The maximum absolute atomic E-state index is 10.1. The van der Waals surface area contributed by atoms with Gasteiger partial charge in [0.1, 0.15) is 0 Å². The molecule has 0 aliphatic carbocycles. The number of nitrogens with zero attached hydrogens (tertiary/aromatic N) is 3. The summed E-state index contributed by atoms with van der Waals surface area (Å²) in [4.78, 5) is 2.17. The van der Waals surface area contributed by atoms with Crippen molar-refractivity contribution >= 4 is 5.69 Å². The first kappa shape index (κ1) is 15.0. The van der Waals surface area contributed by atoms with Crippen LogP contribution in [0.25, 0.3) is 0 Å². The van der Waals surface area contributed by atoms with Crippen molar-refractivity contribution in [2.45, 2.75) is 52.8 Å². The van der Waals surface area contributed by atoms with E-state index in [4.69, 9.17) is 5.73 Å². The predicted octanol–water partition coefficient (Wildman–Crippen LogP) is 1.17. The Morgan fingerprint density at radius 2 is 2.06 bits per heavy atom. The van der Waals surface area contributed by atoms with Crippen LogP contribution in [0.5, 0.6) is 0 Å². The Hall–Kier alpha value is -1.07. The zero-order valence-electron chi connectivity index (χ0n) is 12.1. The lowest BCUT2D eigenvalue weighted by atomic mass is 10.2. The van der Waals surface area contributed by atoms with Crippen molar-refractivity contribution in [2.75, 3.05) is 19.3 Å². The van der Waals surface area contributed by atoms with Crippen LogP contribution in [0.15, 0.2) is 0 Å². The highest BCUT2D eigenvalue weighted by Gasteiger charge is 2.15. The maximum atomic E-state index is 10.1. The Morgan fingerprint density at radius 3 is 2.50 bits per heavy atom. The minimum absolute atomic E-state index is 0.429. The Balaban J connectivity index is 2.59. The minimum atomic E-state index is -0.429. The fourth-order valence-electron chi connectivity index (χ4n) is 1.97. The molecule has 1 aromatic rings. The van der Waals surface area contributed by atoms with Crippen LogP contribution in [0.1, 0.15) is 31.7 Å². The fraction of sp³-hybridized carbons (Fsp3) is 0.769. The number of aliphatic hydroxyl groups is 1. The van der Waals surface area contributed by atoms with Gasteiger partial charge in [0.2, 0.25) is 0 Å². The molecule has 1 heterocycles. The third-order valence-electron chi connectivity index (χ3n) is 3.66. The molecule has 2 atom stereocenters. The summed E-state index contributed by atoms with van der Waals surface area (Å²) in [6.07, 6.45) is 0.650. The van der Waals surface area contributed by atoms with Crippen molar-refractivity contribution in [3.8, 4) is 0 Å². The van der Waals surface area contributed by atoms with Crippen molar-refractivity contribution in [1.82, 2.24) is 14.7 Å². The number of hydrogen-bond acceptors (Lipinski definition) is 4. The first-order valence-electron chi connectivity index (χ1n) is 6.54. The van der Waals surface area contributed by atoms with E-state index < -0.39 is 6.10 Å². The van der Waals surface area contributed by atoms with Gasteiger partial charge in [-0.3, -0.25) is 4.68 Å². The Bertz CT molecular complexity index is 389. The van der Waals surface area contributed by atoms with Crippen LogP contribution >= 0.6 is 0 Å². The summed E-state index contributed by atoms with van der Waals surface area (Å²) in [5.41, 5.74) is 8.35. The number of nitrogens with two attached hydrogens (primary N) is 1. The second-order valence-electron chi connectivity index (χ2n) is 5.12. The van der Waals surface area contributed by atoms with Gasteiger partial charge in [0.05, 0.1) is 29.7 Å². The quantitative estimate of drug-likeness (QED) is 0.800. The number of hydrogen-bond donors (Lipinski definition) is 2. The summed E-state index contributed by atoms with van der Waals surface area (Å²) in [6.45, 7) is 9.26. The molecular weight excluding hydrogens is 228 g/mol. The summed E-state index contributed by atoms with van der Waals surface area (Å²) in [6, 6.07) is 0.477. The predicted molar refractivity (Wildman–Crippen MR) is 74.5 cm³/mol. The summed E-state index contributed by atoms with van der Waals surface area (Å²) in [5.74, 6) is 0. The SMILES string of the molecule is CCC(C)N(C)CC(O)Cn1nc(C)c(N)c1C. The van der Waals surface area contributed by atoms with Gasteiger partial charge in [-0.2, -0.15) is 5.10 Å². The molecule has 0 saturated carbocycles. The Morgan fingerprint density at radius 1 is 1.44 bits per heavy atom. The van der Waals surface area contributed by atoms with Gasteiger partial charge >= 0.3 is 0 Å². The van der Waals surface area contributed by atoms with Gasteiger partial charge in [-0.1, -0.05) is 6.92 Å². The van der Waals surface area contributed by atoms with E-state index in [1.165, 1.54) is 0 Å². The van der Waals surface area contributed by atoms with E-state index in [-0.39, 0.29) is 0 Å². The lowest BCUT2D eigenvalue weighted by molar-refractivity contribution is 0.0896. The fourth-order valence-corrected chi connectivity index (χ4v) is 1.97. The van der Waals surface area contributed by atoms with E-state index in [0.29, 0.717) is 19.1 Å². The molecule has 2 unspecified atom stereocenters. The summed E-state index contributed by atoms with van der Waals surface area (Å²) < 4.78 is 1.79. The Labute approximate surface area is 110 Å². The lowest BCUT2D eigenvalue weighted by Crippen LogP contribution is -2.37. The average Bonchev–Trinajstić information content (AvgIpc) is 2.55. The summed E-state index contributed by atoms with van der Waals surface area (Å²) in [7, 11) is 2.03. The number of aryl methyl sites for hydroxylation is 1. The standard InChI is InChI=1S/C13H26N4O/c1-6-9(2)16(5)7-12(18)8-17-11(4)13(14)10(3)15-17/h9,12,18H,6-8,14H2,1-5H3. The topological polar surface area (TPSA) is 67.3 Å². The third kappa shape index (κ3) is 3.46. The van der Waals surface area contributed by atoms with Crippen LogP contribution < -0.4 is 5.73 Å². The molecule has 0 radical (unpaired) electrons. The number of nitrogen functional groups attached to an aromatic ring is 1. The molecule has 0 amide bonds. The van der Waals surface area contributed by atoms with Crippen LogP contribution in [-0.4, -0.2) is 45.5 Å². The molecule has 0 bridgehead atoms. The highest BCUT2D eigenvalue weighted by atomic mass is 16.3. The number of likely N-dealkylation sites (N-methyl/N-ethyl adjacent to an activating group) is 1. The van der Waals surface area contributed by atoms with Crippen LogP contribution in [0, 0.1) is 13.8 Å². The van der Waals surface area contributed by atoms with Crippen LogP contribution in [-0.2, 0) is 6.54 Å². The Kier molecular flexibility index (Phi) is 5.16. The van der Waals surface area contributed by atoms with E-state index in [2.05, 4.69) is 23.8 Å². The smallest absolute Gasteiger partial charge is 0.0862 e. The zero-order chi connectivity index (χ0) is 13.9. The molecule has 18 heavy (non-hydrogen) atoms. The molecule has 3 N–H and O–H groups in total. The maximum Gasteiger partial charge on any atom is 0.0862 e. The molecule has 1 aromatic heterocycles. The molecule has 0 saturated heterocycles. The summed E-state index contributed by atoms with van der Waals surface area (Å²) in [5, 5.41) is 14.4. The molecule has 1 rings (SSSR count). The van der Waals surface area contributed by atoms with Crippen molar-refractivity contribution in [1.29, 1.82) is 0 Å². The number of aliphatic hydroxyl groups excluding tert-OH is 1. The number of aromatic nitrogens is 2. The van der Waals surface area contributed by atoms with Gasteiger partial charge in [-0.15, -0.1) is 0 Å². The van der Waals surface area contributed by atoms with Crippen molar-refractivity contribution in [3.05, 3.63) is 11.4 Å². The van der Waals surface area contributed by atoms with Crippen molar-refractivity contribution in [2.24, 2.45) is 0 Å². The number of rotatable bonds is 6. The highest BCUT2D eigenvalue weighted by molar-refractivity contribution is 5.46. The van der Waals surface area contributed by atoms with E-state index in [1.54, 1.807) is 4.68 Å².